The van der Waals surface area contributed by atoms with Crippen LogP contribution in [0, 0.1) is 20.5 Å². The second-order valence-corrected chi connectivity index (χ2v) is 2.06. The predicted molar refractivity (Wildman–Crippen MR) is 61.5 cm³/mol. The zero-order chi connectivity index (χ0) is 10.7. The Kier molecular flexibility index (Phi) is 64.5. The third kappa shape index (κ3) is 38.2. The summed E-state index contributed by atoms with van der Waals surface area (Å²) in [5.41, 5.74) is 0. The van der Waals surface area contributed by atoms with Gasteiger partial charge in [0.05, 0.1) is 7.11 Å². The minimum Gasteiger partial charge on any atom is -0.637 e. The topological polar surface area (TPSA) is 52.6 Å². The van der Waals surface area contributed by atoms with E-state index in [0.717, 1.165) is 0 Å². The second kappa shape index (κ2) is 30.3. The maximum absolute atomic E-state index is 10.5. The van der Waals surface area contributed by atoms with Crippen LogP contribution >= 0.6 is 0 Å². The summed E-state index contributed by atoms with van der Waals surface area (Å²) >= 11 is 0. The predicted octanol–water partition coefficient (Wildman–Crippen LogP) is 2.59. The van der Waals surface area contributed by atoms with Gasteiger partial charge < -0.3 is 23.3 Å². The Morgan fingerprint density at radius 3 is 1.65 bits per heavy atom. The van der Waals surface area contributed by atoms with E-state index >= 15 is 0 Å². The van der Waals surface area contributed by atoms with Crippen LogP contribution in [0.3, 0.4) is 0 Å². The molecule has 0 aliphatic rings. The minimum absolute atomic E-state index is 0. The van der Waals surface area contributed by atoms with E-state index in [4.69, 9.17) is 0 Å². The number of ether oxygens (including phenoxy) is 2. The van der Waals surface area contributed by atoms with E-state index in [0.29, 0.717) is 0 Å². The van der Waals surface area contributed by atoms with Crippen molar-refractivity contribution in [3.63, 3.8) is 0 Å². The molecule has 0 saturated heterocycles. The van der Waals surface area contributed by atoms with E-state index in [2.05, 4.69) is 9.47 Å². The molecule has 0 atom stereocenters. The molecule has 0 bridgehead atoms. The van der Waals surface area contributed by atoms with Gasteiger partial charge in [-0.05, 0) is 0 Å². The first-order valence-electron chi connectivity index (χ1n) is 3.90. The molecule has 0 aromatic carbocycles. The quantitative estimate of drug-likeness (QED) is 0.418. The Bertz CT molecular complexity index is 152. The third-order valence-electron chi connectivity index (χ3n) is 0.766. The van der Waals surface area contributed by atoms with Crippen molar-refractivity contribution in [2.75, 3.05) is 7.11 Å². The van der Waals surface area contributed by atoms with Crippen LogP contribution in [0.4, 0.5) is 0 Å². The van der Waals surface area contributed by atoms with Gasteiger partial charge in [-0.3, -0.25) is 9.59 Å². The molecule has 0 aromatic rings. The number of hydrogen-bond acceptors (Lipinski definition) is 4. The summed E-state index contributed by atoms with van der Waals surface area (Å²) in [6.45, 7) is 6.76. The van der Waals surface area contributed by atoms with Gasteiger partial charge in [-0.2, -0.15) is 27.4 Å². The second-order valence-electron chi connectivity index (χ2n) is 2.06. The number of hydrogen-bond donors (Lipinski definition) is 0. The van der Waals surface area contributed by atoms with Crippen LogP contribution in [0.25, 0.3) is 0 Å². The van der Waals surface area contributed by atoms with Crippen LogP contribution in [0.1, 0.15) is 34.6 Å². The van der Waals surface area contributed by atoms with Crippen molar-refractivity contribution in [3.8, 4) is 0 Å². The van der Waals surface area contributed by atoms with Crippen LogP contribution in [-0.2, 0) is 84.5 Å². The molecule has 6 heteroatoms. The largest absolute Gasteiger partial charge is 0.637 e. The fourth-order valence-electron chi connectivity index (χ4n) is 0.363. The van der Waals surface area contributed by atoms with Crippen LogP contribution in [0.5, 0.6) is 0 Å². The van der Waals surface area contributed by atoms with Gasteiger partial charge in [0.1, 0.15) is 6.42 Å². The standard InChI is InChI=1S/C6H9O4.C3H7.CH4.CH3.2Y/c1-3-10-6(8)4-5(7)9-2;1-3-2;;;;/h3H,4H2,1-2H3;3H,1-2H3;1H4;1H3;;/q2*-1;;-1;;. The average molecular weight is 397 g/mol. The van der Waals surface area contributed by atoms with Gasteiger partial charge in [0.2, 0.25) is 0 Å². The van der Waals surface area contributed by atoms with Crippen molar-refractivity contribution in [3.05, 3.63) is 20.5 Å². The SMILES string of the molecule is C.C[CH-]C.C[CH-]OC(=O)CC(=O)OC.[CH3-].[Y].[Y]. The fourth-order valence-corrected chi connectivity index (χ4v) is 0.363. The average Bonchev–Trinajstić information content (AvgIpc) is 2.06. The maximum atomic E-state index is 10.5. The molecule has 0 aliphatic heterocycles. The van der Waals surface area contributed by atoms with Crippen LogP contribution in [0.15, 0.2) is 0 Å². The zero-order valence-electron chi connectivity index (χ0n) is 10.6. The molecule has 0 unspecified atom stereocenters. The molecule has 0 saturated carbocycles. The van der Waals surface area contributed by atoms with Crippen molar-refractivity contribution >= 4 is 11.9 Å². The van der Waals surface area contributed by atoms with Crippen molar-refractivity contribution in [1.29, 1.82) is 0 Å². The van der Waals surface area contributed by atoms with Crippen molar-refractivity contribution in [2.24, 2.45) is 0 Å². The van der Waals surface area contributed by atoms with Gasteiger partial charge in [0.15, 0.2) is 0 Å². The first-order chi connectivity index (χ1) is 6.12. The molecule has 0 N–H and O–H groups in total. The van der Waals surface area contributed by atoms with Gasteiger partial charge in [0.25, 0.3) is 5.97 Å². The molecule has 100 valence electrons. The molecular weight excluding hydrogens is 374 g/mol. The zero-order valence-corrected chi connectivity index (χ0v) is 16.3. The summed E-state index contributed by atoms with van der Waals surface area (Å²) < 4.78 is 8.56. The normalized spacial score (nSPS) is 6.12. The number of esters is 2. The van der Waals surface area contributed by atoms with Gasteiger partial charge in [-0.25, -0.2) is 0 Å². The van der Waals surface area contributed by atoms with Crippen molar-refractivity contribution in [2.45, 2.75) is 34.6 Å². The number of rotatable bonds is 3. The third-order valence-corrected chi connectivity index (χ3v) is 0.766. The van der Waals surface area contributed by atoms with E-state index < -0.39 is 11.9 Å². The number of carbonyl (C=O) groups excluding carboxylic acids is 2. The van der Waals surface area contributed by atoms with E-state index in [1.807, 2.05) is 20.3 Å². The Hall–Kier alpha value is 1.15. The van der Waals surface area contributed by atoms with Crippen LogP contribution in [0.2, 0.25) is 0 Å². The molecule has 0 amide bonds. The molecule has 0 spiro atoms. The molecule has 0 rings (SSSR count). The van der Waals surface area contributed by atoms with Gasteiger partial charge in [-0.1, -0.05) is 7.43 Å². The van der Waals surface area contributed by atoms with Crippen LogP contribution in [-0.4, -0.2) is 19.0 Å². The molecular formula is C11H23O4Y2-3. The fraction of sp³-hybridized carbons (Fsp3) is 0.545. The van der Waals surface area contributed by atoms with Crippen LogP contribution < -0.4 is 0 Å². The summed E-state index contributed by atoms with van der Waals surface area (Å²) in [5, 5.41) is 0. The Balaban J connectivity index is -0.0000000393. The van der Waals surface area contributed by atoms with E-state index in [1.54, 1.807) is 6.92 Å². The molecule has 0 heterocycles. The van der Waals surface area contributed by atoms with E-state index in [1.165, 1.54) is 13.7 Å². The Morgan fingerprint density at radius 1 is 1.06 bits per heavy atom. The first-order valence-corrected chi connectivity index (χ1v) is 3.90. The number of carbonyl (C=O) groups is 2. The van der Waals surface area contributed by atoms with Gasteiger partial charge in [-0.15, -0.1) is 0 Å². The molecule has 2 radical (unpaired) electrons. The summed E-state index contributed by atoms with van der Waals surface area (Å²) in [5.74, 6) is -1.19. The number of methoxy groups -OCH3 is 1. The van der Waals surface area contributed by atoms with Crippen molar-refractivity contribution < 1.29 is 84.5 Å². The molecule has 0 fully saturated rings. The monoisotopic (exact) mass is 397 g/mol. The summed E-state index contributed by atoms with van der Waals surface area (Å²) in [6.07, 6.45) is 1.67. The molecule has 4 nitrogen and oxygen atoms in total. The maximum Gasteiger partial charge on any atom is 0.316 e. The Morgan fingerprint density at radius 2 is 1.41 bits per heavy atom. The summed E-state index contributed by atoms with van der Waals surface area (Å²) in [6, 6.07) is 0. The Labute approximate surface area is 157 Å². The van der Waals surface area contributed by atoms with E-state index in [-0.39, 0.29) is 86.7 Å². The molecule has 17 heavy (non-hydrogen) atoms. The van der Waals surface area contributed by atoms with Gasteiger partial charge in [0, 0.05) is 65.4 Å². The van der Waals surface area contributed by atoms with Gasteiger partial charge >= 0.3 is 5.97 Å². The summed E-state index contributed by atoms with van der Waals surface area (Å²) in [7, 11) is 1.21. The van der Waals surface area contributed by atoms with Crippen molar-refractivity contribution in [1.82, 2.24) is 0 Å². The molecule has 0 aromatic heterocycles. The first kappa shape index (κ1) is 36.2. The smallest absolute Gasteiger partial charge is 0.316 e. The van der Waals surface area contributed by atoms with E-state index in [9.17, 15) is 9.59 Å². The minimum atomic E-state index is -0.602. The molecule has 0 aliphatic carbocycles. The summed E-state index contributed by atoms with van der Waals surface area (Å²) in [4.78, 5) is 20.8.